The molecule has 126 valence electrons. The molecule has 0 saturated carbocycles. The predicted octanol–water partition coefficient (Wildman–Crippen LogP) is 4.53. The minimum atomic E-state index is -0.341. The number of para-hydroxylation sites is 3. The number of pyridine rings is 1. The maximum absolute atomic E-state index is 11.9. The first-order valence-electron chi connectivity index (χ1n) is 7.64. The highest BCUT2D eigenvalue weighted by atomic mass is 16.5. The Morgan fingerprint density at radius 1 is 0.840 bits per heavy atom. The number of hydrogen-bond donors (Lipinski definition) is 2. The summed E-state index contributed by atoms with van der Waals surface area (Å²) in [5.74, 6) is 1.59. The zero-order chi connectivity index (χ0) is 17.5. The Hall–Kier alpha value is -3.54. The van der Waals surface area contributed by atoms with Gasteiger partial charge in [0.1, 0.15) is 0 Å². The molecule has 2 aromatic carbocycles. The van der Waals surface area contributed by atoms with Gasteiger partial charge in [-0.2, -0.15) is 0 Å². The van der Waals surface area contributed by atoms with Crippen LogP contribution in [0.2, 0.25) is 0 Å². The minimum Gasteiger partial charge on any atom is -0.493 e. The zero-order valence-electron chi connectivity index (χ0n) is 13.6. The Morgan fingerprint density at radius 3 is 2.20 bits per heavy atom. The number of rotatable bonds is 5. The van der Waals surface area contributed by atoms with E-state index in [0.29, 0.717) is 28.8 Å². The van der Waals surface area contributed by atoms with Crippen LogP contribution in [0, 0.1) is 0 Å². The van der Waals surface area contributed by atoms with Crippen molar-refractivity contribution in [1.29, 1.82) is 0 Å². The van der Waals surface area contributed by atoms with Crippen molar-refractivity contribution in [3.05, 3.63) is 72.9 Å². The van der Waals surface area contributed by atoms with Crippen LogP contribution in [0.4, 0.5) is 16.2 Å². The molecule has 0 fully saturated rings. The van der Waals surface area contributed by atoms with Crippen molar-refractivity contribution in [2.75, 3.05) is 17.7 Å². The number of benzene rings is 2. The van der Waals surface area contributed by atoms with E-state index >= 15 is 0 Å². The molecule has 2 N–H and O–H groups in total. The molecule has 3 rings (SSSR count). The molecule has 25 heavy (non-hydrogen) atoms. The van der Waals surface area contributed by atoms with Crippen molar-refractivity contribution in [1.82, 2.24) is 4.98 Å². The number of carbonyl (C=O) groups excluding carboxylic acids is 1. The fraction of sp³-hybridized carbons (Fsp3) is 0.0526. The molecule has 6 heteroatoms. The van der Waals surface area contributed by atoms with Crippen LogP contribution in [-0.2, 0) is 0 Å². The average molecular weight is 335 g/mol. The summed E-state index contributed by atoms with van der Waals surface area (Å²) >= 11 is 0. The standard InChI is InChI=1S/C19H17N3O3/c1-24-16-9-5-6-10-17(16)25-18-12-11-15(13-20-18)22-19(23)21-14-7-3-2-4-8-14/h2-13H,1H3,(H2,21,22,23). The van der Waals surface area contributed by atoms with E-state index in [2.05, 4.69) is 15.6 Å². The number of ether oxygens (including phenoxy) is 2. The van der Waals surface area contributed by atoms with Gasteiger partial charge in [0.2, 0.25) is 5.88 Å². The third-order valence-electron chi connectivity index (χ3n) is 3.31. The SMILES string of the molecule is COc1ccccc1Oc1ccc(NC(=O)Nc2ccccc2)cn1. The van der Waals surface area contributed by atoms with Crippen LogP contribution in [-0.4, -0.2) is 18.1 Å². The summed E-state index contributed by atoms with van der Waals surface area (Å²) in [5.41, 5.74) is 1.27. The lowest BCUT2D eigenvalue weighted by atomic mass is 10.3. The maximum atomic E-state index is 11.9. The highest BCUT2D eigenvalue weighted by molar-refractivity contribution is 5.99. The molecule has 0 saturated heterocycles. The summed E-state index contributed by atoms with van der Waals surface area (Å²) in [6.45, 7) is 0. The summed E-state index contributed by atoms with van der Waals surface area (Å²) in [6.07, 6.45) is 1.52. The summed E-state index contributed by atoms with van der Waals surface area (Å²) in [4.78, 5) is 16.1. The smallest absolute Gasteiger partial charge is 0.323 e. The number of anilines is 2. The van der Waals surface area contributed by atoms with E-state index in [0.717, 1.165) is 0 Å². The number of methoxy groups -OCH3 is 1. The Kier molecular flexibility index (Phi) is 5.11. The van der Waals surface area contributed by atoms with Crippen molar-refractivity contribution in [2.24, 2.45) is 0 Å². The second kappa shape index (κ2) is 7.83. The van der Waals surface area contributed by atoms with Crippen molar-refractivity contribution in [3.63, 3.8) is 0 Å². The highest BCUT2D eigenvalue weighted by Crippen LogP contribution is 2.30. The minimum absolute atomic E-state index is 0.341. The topological polar surface area (TPSA) is 72.5 Å². The molecule has 0 unspecified atom stereocenters. The molecule has 6 nitrogen and oxygen atoms in total. The largest absolute Gasteiger partial charge is 0.493 e. The fourth-order valence-electron chi connectivity index (χ4n) is 2.15. The van der Waals surface area contributed by atoms with Gasteiger partial charge in [-0.15, -0.1) is 0 Å². The van der Waals surface area contributed by atoms with E-state index in [4.69, 9.17) is 9.47 Å². The number of carbonyl (C=O) groups is 1. The first-order chi connectivity index (χ1) is 12.2. The fourth-order valence-corrected chi connectivity index (χ4v) is 2.15. The number of amides is 2. The lowest BCUT2D eigenvalue weighted by Gasteiger charge is -2.10. The molecule has 0 aliphatic carbocycles. The lowest BCUT2D eigenvalue weighted by molar-refractivity contribution is 0.262. The van der Waals surface area contributed by atoms with Crippen LogP contribution in [0.3, 0.4) is 0 Å². The Morgan fingerprint density at radius 2 is 1.52 bits per heavy atom. The zero-order valence-corrected chi connectivity index (χ0v) is 13.6. The number of aromatic nitrogens is 1. The molecule has 1 aromatic heterocycles. The van der Waals surface area contributed by atoms with Crippen LogP contribution in [0.5, 0.6) is 17.4 Å². The first-order valence-corrected chi connectivity index (χ1v) is 7.64. The summed E-state index contributed by atoms with van der Waals surface area (Å²) in [6, 6.07) is 19.5. The van der Waals surface area contributed by atoms with E-state index in [-0.39, 0.29) is 6.03 Å². The highest BCUT2D eigenvalue weighted by Gasteiger charge is 2.06. The third kappa shape index (κ3) is 4.48. The molecule has 2 amide bonds. The van der Waals surface area contributed by atoms with Crippen molar-refractivity contribution >= 4 is 17.4 Å². The molecule has 1 heterocycles. The van der Waals surface area contributed by atoms with E-state index in [1.807, 2.05) is 42.5 Å². The summed E-state index contributed by atoms with van der Waals surface area (Å²) in [5, 5.41) is 5.45. The molecule has 0 radical (unpaired) electrons. The van der Waals surface area contributed by atoms with Crippen molar-refractivity contribution in [2.45, 2.75) is 0 Å². The number of hydrogen-bond acceptors (Lipinski definition) is 4. The van der Waals surface area contributed by atoms with Crippen LogP contribution < -0.4 is 20.1 Å². The van der Waals surface area contributed by atoms with E-state index in [1.165, 1.54) is 6.20 Å². The second-order valence-corrected chi connectivity index (χ2v) is 5.08. The van der Waals surface area contributed by atoms with Gasteiger partial charge >= 0.3 is 6.03 Å². The number of nitrogens with one attached hydrogen (secondary N) is 2. The van der Waals surface area contributed by atoms with Gasteiger partial charge in [0.25, 0.3) is 0 Å². The lowest BCUT2D eigenvalue weighted by Crippen LogP contribution is -2.19. The molecule has 0 spiro atoms. The van der Waals surface area contributed by atoms with Gasteiger partial charge in [0.15, 0.2) is 11.5 Å². The van der Waals surface area contributed by atoms with Crippen LogP contribution in [0.1, 0.15) is 0 Å². The normalized spacial score (nSPS) is 9.96. The first kappa shape index (κ1) is 16.3. The van der Waals surface area contributed by atoms with Gasteiger partial charge < -0.3 is 20.1 Å². The van der Waals surface area contributed by atoms with Crippen LogP contribution >= 0.6 is 0 Å². The summed E-state index contributed by atoms with van der Waals surface area (Å²) in [7, 11) is 1.58. The van der Waals surface area contributed by atoms with Gasteiger partial charge in [0, 0.05) is 11.8 Å². The Labute approximate surface area is 145 Å². The van der Waals surface area contributed by atoms with Gasteiger partial charge in [-0.05, 0) is 30.3 Å². The molecule has 3 aromatic rings. The molecular weight excluding hydrogens is 318 g/mol. The quantitative estimate of drug-likeness (QED) is 0.719. The maximum Gasteiger partial charge on any atom is 0.323 e. The predicted molar refractivity (Wildman–Crippen MR) is 96.4 cm³/mol. The van der Waals surface area contributed by atoms with Gasteiger partial charge in [-0.3, -0.25) is 0 Å². The van der Waals surface area contributed by atoms with E-state index in [9.17, 15) is 4.79 Å². The van der Waals surface area contributed by atoms with E-state index in [1.54, 1.807) is 31.4 Å². The average Bonchev–Trinajstić information content (AvgIpc) is 2.64. The molecule has 0 aliphatic rings. The Balaban J connectivity index is 1.61. The number of urea groups is 1. The van der Waals surface area contributed by atoms with Gasteiger partial charge in [-0.25, -0.2) is 9.78 Å². The second-order valence-electron chi connectivity index (χ2n) is 5.08. The monoisotopic (exact) mass is 335 g/mol. The molecular formula is C19H17N3O3. The van der Waals surface area contributed by atoms with Gasteiger partial charge in [0.05, 0.1) is 19.0 Å². The van der Waals surface area contributed by atoms with Crippen molar-refractivity contribution in [3.8, 4) is 17.4 Å². The van der Waals surface area contributed by atoms with Crippen molar-refractivity contribution < 1.29 is 14.3 Å². The van der Waals surface area contributed by atoms with Crippen LogP contribution in [0.15, 0.2) is 72.9 Å². The molecule has 0 aliphatic heterocycles. The Bertz CT molecular complexity index is 836. The molecule has 0 atom stereocenters. The van der Waals surface area contributed by atoms with Gasteiger partial charge in [-0.1, -0.05) is 30.3 Å². The van der Waals surface area contributed by atoms with E-state index < -0.39 is 0 Å². The molecule has 0 bridgehead atoms. The van der Waals surface area contributed by atoms with Crippen LogP contribution in [0.25, 0.3) is 0 Å². The summed E-state index contributed by atoms with van der Waals surface area (Å²) < 4.78 is 10.9. The third-order valence-corrected chi connectivity index (χ3v) is 3.31. The number of nitrogens with zero attached hydrogens (tertiary/aromatic N) is 1.